The van der Waals surface area contributed by atoms with Crippen LogP contribution >= 0.6 is 11.8 Å². The van der Waals surface area contributed by atoms with Crippen molar-refractivity contribution in [2.24, 2.45) is 7.05 Å². The standard InChI is InChI=1S/C22H31N7OS/c1-7-28(8-2)18-11-9-17(10-12-18)20-25-26-22(27(20)6)31-16(5)21(30)24-19-13-14-23-29(19)15(3)4/h9-16H,7-8H2,1-6H3,(H,24,30). The Hall–Kier alpha value is -2.81. The number of benzene rings is 1. The van der Waals surface area contributed by atoms with Gasteiger partial charge in [-0.25, -0.2) is 4.68 Å². The molecule has 0 aliphatic carbocycles. The second-order valence-electron chi connectivity index (χ2n) is 7.59. The highest BCUT2D eigenvalue weighted by Gasteiger charge is 2.21. The number of hydrogen-bond acceptors (Lipinski definition) is 6. The fourth-order valence-electron chi connectivity index (χ4n) is 3.34. The van der Waals surface area contributed by atoms with Crippen LogP contribution in [0.1, 0.15) is 40.7 Å². The van der Waals surface area contributed by atoms with Crippen LogP contribution < -0.4 is 10.2 Å². The van der Waals surface area contributed by atoms with Gasteiger partial charge in [-0.15, -0.1) is 10.2 Å². The molecule has 166 valence electrons. The first kappa shape index (κ1) is 22.9. The van der Waals surface area contributed by atoms with Crippen molar-refractivity contribution in [2.75, 3.05) is 23.3 Å². The maximum Gasteiger partial charge on any atom is 0.238 e. The smallest absolute Gasteiger partial charge is 0.238 e. The van der Waals surface area contributed by atoms with Gasteiger partial charge in [-0.2, -0.15) is 5.10 Å². The fourth-order valence-corrected chi connectivity index (χ4v) is 4.16. The SMILES string of the molecule is CCN(CC)c1ccc(-c2nnc(SC(C)C(=O)Nc3ccnn3C(C)C)n2C)cc1. The molecule has 1 N–H and O–H groups in total. The number of amides is 1. The molecule has 0 fully saturated rings. The fraction of sp³-hybridized carbons (Fsp3) is 0.455. The van der Waals surface area contributed by atoms with Gasteiger partial charge in [0.05, 0.1) is 11.4 Å². The minimum Gasteiger partial charge on any atom is -0.372 e. The van der Waals surface area contributed by atoms with Gasteiger partial charge in [0.25, 0.3) is 0 Å². The predicted octanol–water partition coefficient (Wildman–Crippen LogP) is 4.23. The van der Waals surface area contributed by atoms with Gasteiger partial charge in [0.1, 0.15) is 5.82 Å². The summed E-state index contributed by atoms with van der Waals surface area (Å²) in [7, 11) is 1.93. The van der Waals surface area contributed by atoms with Crippen LogP contribution in [0.4, 0.5) is 11.5 Å². The van der Waals surface area contributed by atoms with E-state index in [0.717, 1.165) is 24.5 Å². The Morgan fingerprint density at radius 2 is 1.77 bits per heavy atom. The van der Waals surface area contributed by atoms with Crippen LogP contribution in [0.2, 0.25) is 0 Å². The van der Waals surface area contributed by atoms with Gasteiger partial charge in [-0.05, 0) is 58.9 Å². The first-order chi connectivity index (χ1) is 14.8. The largest absolute Gasteiger partial charge is 0.372 e. The molecule has 3 aromatic rings. The van der Waals surface area contributed by atoms with Crippen LogP contribution in [0, 0.1) is 0 Å². The highest BCUT2D eigenvalue weighted by atomic mass is 32.2. The van der Waals surface area contributed by atoms with E-state index in [4.69, 9.17) is 0 Å². The van der Waals surface area contributed by atoms with Gasteiger partial charge in [0.2, 0.25) is 5.91 Å². The van der Waals surface area contributed by atoms with Crippen LogP contribution in [0.5, 0.6) is 0 Å². The van der Waals surface area contributed by atoms with E-state index < -0.39 is 0 Å². The third-order valence-electron chi connectivity index (χ3n) is 5.15. The van der Waals surface area contributed by atoms with Crippen molar-refractivity contribution >= 4 is 29.2 Å². The molecule has 8 nitrogen and oxygen atoms in total. The number of hydrogen-bond donors (Lipinski definition) is 1. The Kier molecular flexibility index (Phi) is 7.37. The van der Waals surface area contributed by atoms with Gasteiger partial charge < -0.3 is 14.8 Å². The van der Waals surface area contributed by atoms with Crippen molar-refractivity contribution in [2.45, 2.75) is 51.1 Å². The number of nitrogens with one attached hydrogen (secondary N) is 1. The summed E-state index contributed by atoms with van der Waals surface area (Å²) in [4.78, 5) is 15.0. The zero-order chi connectivity index (χ0) is 22.5. The second kappa shape index (κ2) is 10.00. The van der Waals surface area contributed by atoms with Crippen molar-refractivity contribution in [3.05, 3.63) is 36.5 Å². The summed E-state index contributed by atoms with van der Waals surface area (Å²) in [5.41, 5.74) is 2.19. The molecule has 0 radical (unpaired) electrons. The normalized spacial score (nSPS) is 12.2. The van der Waals surface area contributed by atoms with E-state index in [1.807, 2.05) is 32.4 Å². The van der Waals surface area contributed by atoms with E-state index in [9.17, 15) is 4.79 Å². The number of carbonyl (C=O) groups is 1. The predicted molar refractivity (Wildman–Crippen MR) is 127 cm³/mol. The van der Waals surface area contributed by atoms with E-state index in [-0.39, 0.29) is 17.2 Å². The Labute approximate surface area is 188 Å². The van der Waals surface area contributed by atoms with Gasteiger partial charge >= 0.3 is 0 Å². The van der Waals surface area contributed by atoms with Crippen molar-refractivity contribution in [3.8, 4) is 11.4 Å². The molecule has 0 aliphatic heterocycles. The molecule has 0 aliphatic rings. The summed E-state index contributed by atoms with van der Waals surface area (Å²) in [6, 6.07) is 10.3. The summed E-state index contributed by atoms with van der Waals surface area (Å²) in [5.74, 6) is 1.37. The minimum atomic E-state index is -0.337. The highest BCUT2D eigenvalue weighted by Crippen LogP contribution is 2.27. The molecule has 0 saturated heterocycles. The Balaban J connectivity index is 1.69. The molecule has 0 saturated carbocycles. The first-order valence-electron chi connectivity index (χ1n) is 10.6. The summed E-state index contributed by atoms with van der Waals surface area (Å²) in [5, 5.41) is 16.2. The van der Waals surface area contributed by atoms with Crippen molar-refractivity contribution < 1.29 is 4.79 Å². The summed E-state index contributed by atoms with van der Waals surface area (Å²) < 4.78 is 3.72. The van der Waals surface area contributed by atoms with Crippen LogP contribution in [0.15, 0.2) is 41.7 Å². The van der Waals surface area contributed by atoms with Crippen LogP contribution in [-0.4, -0.2) is 48.8 Å². The third kappa shape index (κ3) is 5.10. The molecular weight excluding hydrogens is 410 g/mol. The maximum absolute atomic E-state index is 12.7. The van der Waals surface area contributed by atoms with Crippen LogP contribution in [0.25, 0.3) is 11.4 Å². The van der Waals surface area contributed by atoms with Crippen molar-refractivity contribution in [1.82, 2.24) is 24.5 Å². The van der Waals surface area contributed by atoms with E-state index >= 15 is 0 Å². The van der Waals surface area contributed by atoms with Gasteiger partial charge in [-0.3, -0.25) is 4.79 Å². The zero-order valence-electron chi connectivity index (χ0n) is 19.0. The molecule has 31 heavy (non-hydrogen) atoms. The molecule has 2 aromatic heterocycles. The molecule has 2 heterocycles. The van der Waals surface area contributed by atoms with Crippen LogP contribution in [-0.2, 0) is 11.8 Å². The summed E-state index contributed by atoms with van der Waals surface area (Å²) >= 11 is 1.38. The molecular formula is C22H31N7OS. The number of anilines is 2. The Morgan fingerprint density at radius 1 is 1.10 bits per heavy atom. The Morgan fingerprint density at radius 3 is 2.39 bits per heavy atom. The lowest BCUT2D eigenvalue weighted by Gasteiger charge is -2.21. The van der Waals surface area contributed by atoms with Crippen molar-refractivity contribution in [1.29, 1.82) is 0 Å². The quantitative estimate of drug-likeness (QED) is 0.501. The average Bonchev–Trinajstić information content (AvgIpc) is 3.36. The molecule has 1 amide bonds. The second-order valence-corrected chi connectivity index (χ2v) is 8.90. The number of thioether (sulfide) groups is 1. The molecule has 9 heteroatoms. The monoisotopic (exact) mass is 441 g/mol. The molecule has 0 spiro atoms. The summed E-state index contributed by atoms with van der Waals surface area (Å²) in [6.07, 6.45) is 1.69. The molecule has 1 unspecified atom stereocenters. The number of aromatic nitrogens is 5. The van der Waals surface area contributed by atoms with Gasteiger partial charge in [0.15, 0.2) is 11.0 Å². The van der Waals surface area contributed by atoms with E-state index in [0.29, 0.717) is 11.0 Å². The lowest BCUT2D eigenvalue weighted by molar-refractivity contribution is -0.115. The number of carbonyl (C=O) groups excluding carboxylic acids is 1. The maximum atomic E-state index is 12.7. The van der Waals surface area contributed by atoms with Gasteiger partial charge in [0, 0.05) is 43.5 Å². The molecule has 1 atom stereocenters. The number of nitrogens with zero attached hydrogens (tertiary/aromatic N) is 6. The van der Waals surface area contributed by atoms with Gasteiger partial charge in [-0.1, -0.05) is 11.8 Å². The molecule has 1 aromatic carbocycles. The average molecular weight is 442 g/mol. The molecule has 0 bridgehead atoms. The van der Waals surface area contributed by atoms with Crippen LogP contribution in [0.3, 0.4) is 0 Å². The van der Waals surface area contributed by atoms with E-state index in [2.05, 4.69) is 63.6 Å². The van der Waals surface area contributed by atoms with Crippen molar-refractivity contribution in [3.63, 3.8) is 0 Å². The minimum absolute atomic E-state index is 0.0967. The lowest BCUT2D eigenvalue weighted by Crippen LogP contribution is -2.25. The highest BCUT2D eigenvalue weighted by molar-refractivity contribution is 8.00. The van der Waals surface area contributed by atoms with E-state index in [1.54, 1.807) is 16.9 Å². The van der Waals surface area contributed by atoms with E-state index in [1.165, 1.54) is 17.4 Å². The first-order valence-corrected chi connectivity index (χ1v) is 11.5. The number of rotatable bonds is 9. The molecule has 3 rings (SSSR count). The zero-order valence-corrected chi connectivity index (χ0v) is 19.8. The third-order valence-corrected chi connectivity index (χ3v) is 6.29. The lowest BCUT2D eigenvalue weighted by atomic mass is 10.2. The summed E-state index contributed by atoms with van der Waals surface area (Å²) in [6.45, 7) is 12.2. The Bertz CT molecular complexity index is 1010. The topological polar surface area (TPSA) is 80.9 Å².